The molecule has 7 heteroatoms. The number of carbonyl (C=O) groups is 2. The number of esters is 1. The molecule has 0 spiro atoms. The van der Waals surface area contributed by atoms with Crippen LogP contribution in [-0.4, -0.2) is 35.8 Å². The third-order valence-corrected chi connectivity index (χ3v) is 8.18. The van der Waals surface area contributed by atoms with Crippen molar-refractivity contribution in [1.82, 2.24) is 10.3 Å². The van der Waals surface area contributed by atoms with E-state index in [1.807, 2.05) is 31.2 Å². The molecular formula is C29H33FN2O4. The first-order valence-electron chi connectivity index (χ1n) is 13.0. The Bertz CT molecular complexity index is 1130. The molecule has 1 amide bonds. The van der Waals surface area contributed by atoms with Crippen molar-refractivity contribution >= 4 is 18.1 Å². The van der Waals surface area contributed by atoms with Gasteiger partial charge in [0, 0.05) is 23.7 Å². The van der Waals surface area contributed by atoms with E-state index < -0.39 is 0 Å². The number of fused-ring (bicyclic) bond motifs is 2. The molecule has 2 aromatic rings. The highest BCUT2D eigenvalue weighted by atomic mass is 19.1. The molecule has 1 aromatic carbocycles. The van der Waals surface area contributed by atoms with Gasteiger partial charge in [0.2, 0.25) is 0 Å². The van der Waals surface area contributed by atoms with E-state index in [-0.39, 0.29) is 47.8 Å². The van der Waals surface area contributed by atoms with E-state index in [0.29, 0.717) is 18.4 Å². The van der Waals surface area contributed by atoms with Gasteiger partial charge in [-0.15, -0.1) is 0 Å². The summed E-state index contributed by atoms with van der Waals surface area (Å²) in [6.07, 6.45) is 9.07. The van der Waals surface area contributed by atoms with Crippen molar-refractivity contribution in [2.45, 2.75) is 51.7 Å². The van der Waals surface area contributed by atoms with Crippen molar-refractivity contribution in [3.8, 4) is 11.1 Å². The number of alkyl carbamates (subject to hydrolysis) is 1. The Balaban J connectivity index is 1.34. The molecule has 36 heavy (non-hydrogen) atoms. The van der Waals surface area contributed by atoms with Crippen LogP contribution in [0.5, 0.6) is 0 Å². The number of allylic oxidation sites excluding steroid dienone is 1. The molecular weight excluding hydrogens is 459 g/mol. The number of hydrogen-bond acceptors (Lipinski definition) is 5. The van der Waals surface area contributed by atoms with E-state index in [1.54, 1.807) is 19.2 Å². The van der Waals surface area contributed by atoms with Crippen LogP contribution in [0.4, 0.5) is 9.18 Å². The van der Waals surface area contributed by atoms with Gasteiger partial charge in [-0.05, 0) is 87.1 Å². The van der Waals surface area contributed by atoms with Gasteiger partial charge in [0.05, 0.1) is 18.2 Å². The second-order valence-electron chi connectivity index (χ2n) is 10.3. The van der Waals surface area contributed by atoms with Crippen molar-refractivity contribution in [3.63, 3.8) is 0 Å². The number of carbonyl (C=O) groups excluding carboxylic acids is 2. The number of benzene rings is 1. The van der Waals surface area contributed by atoms with Crippen LogP contribution in [0.3, 0.4) is 0 Å². The molecule has 1 N–H and O–H groups in total. The van der Waals surface area contributed by atoms with Crippen molar-refractivity contribution in [3.05, 3.63) is 60.2 Å². The van der Waals surface area contributed by atoms with Crippen molar-refractivity contribution in [2.24, 2.45) is 29.6 Å². The molecule has 3 fully saturated rings. The highest BCUT2D eigenvalue weighted by Gasteiger charge is 2.54. The van der Waals surface area contributed by atoms with Crippen LogP contribution in [0.25, 0.3) is 17.2 Å². The van der Waals surface area contributed by atoms with Crippen molar-refractivity contribution in [2.75, 3.05) is 6.61 Å². The number of hydrogen-bond donors (Lipinski definition) is 1. The molecule has 1 saturated heterocycles. The van der Waals surface area contributed by atoms with Crippen LogP contribution in [0.15, 0.2) is 48.7 Å². The largest absolute Gasteiger partial charge is 0.462 e. The maximum atomic E-state index is 13.6. The Morgan fingerprint density at radius 1 is 1.22 bits per heavy atom. The lowest BCUT2D eigenvalue weighted by atomic mass is 9.57. The number of aromatic nitrogens is 1. The topological polar surface area (TPSA) is 77.5 Å². The number of cyclic esters (lactones) is 1. The summed E-state index contributed by atoms with van der Waals surface area (Å²) in [5.41, 5.74) is 2.48. The van der Waals surface area contributed by atoms with Gasteiger partial charge in [0.15, 0.2) is 0 Å². The fourth-order valence-corrected chi connectivity index (χ4v) is 6.64. The molecule has 2 aliphatic carbocycles. The van der Waals surface area contributed by atoms with E-state index >= 15 is 0 Å². The van der Waals surface area contributed by atoms with Gasteiger partial charge in [-0.2, -0.15) is 0 Å². The minimum Gasteiger partial charge on any atom is -0.462 e. The number of nitrogens with zero attached hydrogens (tertiary/aromatic N) is 1. The monoisotopic (exact) mass is 492 g/mol. The Labute approximate surface area is 211 Å². The highest BCUT2D eigenvalue weighted by molar-refractivity contribution is 5.75. The Morgan fingerprint density at radius 3 is 2.83 bits per heavy atom. The lowest BCUT2D eigenvalue weighted by molar-refractivity contribution is -0.144. The number of pyridine rings is 1. The average Bonchev–Trinajstić information content (AvgIpc) is 3.15. The molecule has 0 unspecified atom stereocenters. The minimum atomic E-state index is -0.368. The highest BCUT2D eigenvalue weighted by Crippen LogP contribution is 2.53. The third kappa shape index (κ3) is 5.01. The molecule has 0 bridgehead atoms. The Hall–Kier alpha value is -3.22. The van der Waals surface area contributed by atoms with Crippen molar-refractivity contribution in [1.29, 1.82) is 0 Å². The fourth-order valence-electron chi connectivity index (χ4n) is 6.64. The average molecular weight is 493 g/mol. The first-order valence-corrected chi connectivity index (χ1v) is 13.0. The molecule has 2 saturated carbocycles. The van der Waals surface area contributed by atoms with E-state index in [0.717, 1.165) is 42.5 Å². The number of nitrogens with one attached hydrogen (secondary N) is 1. The van der Waals surface area contributed by atoms with E-state index in [9.17, 15) is 14.0 Å². The summed E-state index contributed by atoms with van der Waals surface area (Å²) in [5.74, 6) is 0.629. The van der Waals surface area contributed by atoms with Crippen LogP contribution >= 0.6 is 0 Å². The van der Waals surface area contributed by atoms with Gasteiger partial charge in [0.25, 0.3) is 0 Å². The summed E-state index contributed by atoms with van der Waals surface area (Å²) in [6.45, 7) is 4.15. The van der Waals surface area contributed by atoms with Gasteiger partial charge in [-0.1, -0.05) is 24.3 Å². The normalized spacial score (nSPS) is 31.4. The molecule has 5 rings (SSSR count). The molecule has 3 aliphatic rings. The van der Waals surface area contributed by atoms with Gasteiger partial charge in [0.1, 0.15) is 11.9 Å². The van der Waals surface area contributed by atoms with Crippen LogP contribution in [0, 0.1) is 35.4 Å². The fraction of sp³-hybridized carbons (Fsp3) is 0.483. The maximum absolute atomic E-state index is 13.6. The molecule has 1 aromatic heterocycles. The van der Waals surface area contributed by atoms with Gasteiger partial charge in [-0.3, -0.25) is 9.78 Å². The lowest BCUT2D eigenvalue weighted by Gasteiger charge is -2.47. The van der Waals surface area contributed by atoms with E-state index in [1.165, 1.54) is 12.1 Å². The maximum Gasteiger partial charge on any atom is 0.407 e. The zero-order chi connectivity index (χ0) is 25.2. The number of ether oxygens (including phenoxy) is 2. The number of rotatable bonds is 5. The van der Waals surface area contributed by atoms with Crippen LogP contribution in [-0.2, 0) is 14.3 Å². The van der Waals surface area contributed by atoms with Crippen LogP contribution in [0.2, 0.25) is 0 Å². The Morgan fingerprint density at radius 2 is 2.08 bits per heavy atom. The zero-order valence-electron chi connectivity index (χ0n) is 20.7. The molecule has 7 atom stereocenters. The van der Waals surface area contributed by atoms with Gasteiger partial charge >= 0.3 is 12.1 Å². The van der Waals surface area contributed by atoms with Gasteiger partial charge < -0.3 is 14.8 Å². The second-order valence-corrected chi connectivity index (χ2v) is 10.3. The van der Waals surface area contributed by atoms with Crippen molar-refractivity contribution < 1.29 is 23.5 Å². The molecule has 6 nitrogen and oxygen atoms in total. The molecule has 2 heterocycles. The zero-order valence-corrected chi connectivity index (χ0v) is 20.7. The number of amides is 1. The summed E-state index contributed by atoms with van der Waals surface area (Å²) >= 11 is 0. The predicted octanol–water partition coefficient (Wildman–Crippen LogP) is 5.63. The molecule has 1 aliphatic heterocycles. The smallest absolute Gasteiger partial charge is 0.407 e. The summed E-state index contributed by atoms with van der Waals surface area (Å²) in [7, 11) is 0. The summed E-state index contributed by atoms with van der Waals surface area (Å²) in [4.78, 5) is 29.2. The van der Waals surface area contributed by atoms with Crippen LogP contribution < -0.4 is 5.32 Å². The SMILES string of the molecule is CCOC(=O)N[C@H]1CC[C@H]2[C@H](C1)C[C@@H]1C(=O)O[C@H](C)[C@@H]1[C@@H]2C=Cc1ccc(-c2cccc(F)c2)cn1. The van der Waals surface area contributed by atoms with Crippen LogP contribution in [0.1, 0.15) is 45.2 Å². The third-order valence-electron chi connectivity index (χ3n) is 8.18. The summed E-state index contributed by atoms with van der Waals surface area (Å²) in [6, 6.07) is 10.4. The standard InChI is InChI=1S/C29H33FN2O4/c1-3-35-29(34)32-23-10-11-24-20(14-23)15-26-27(17(2)36-28(26)33)25(24)12-9-22-8-7-19(16-31-22)18-5-4-6-21(30)13-18/h4-9,12-13,16-17,20,23-27H,3,10-11,14-15H2,1-2H3,(H,32,34)/t17-,20-,23+,24+,25-,26+,27-/m1/s1. The number of halogens is 1. The summed E-state index contributed by atoms with van der Waals surface area (Å²) < 4.78 is 24.3. The first-order chi connectivity index (χ1) is 17.4. The first kappa shape index (κ1) is 24.5. The minimum absolute atomic E-state index is 0.0679. The molecule has 0 radical (unpaired) electrons. The predicted molar refractivity (Wildman–Crippen MR) is 134 cm³/mol. The quantitative estimate of drug-likeness (QED) is 0.548. The summed E-state index contributed by atoms with van der Waals surface area (Å²) in [5, 5.41) is 3.00. The second kappa shape index (κ2) is 10.4. The lowest BCUT2D eigenvalue weighted by Crippen LogP contribution is -2.48. The molecule has 190 valence electrons. The van der Waals surface area contributed by atoms with Gasteiger partial charge in [-0.25, -0.2) is 9.18 Å². The van der Waals surface area contributed by atoms with E-state index in [4.69, 9.17) is 9.47 Å². The Kier molecular flexibility index (Phi) is 7.08. The van der Waals surface area contributed by atoms with E-state index in [2.05, 4.69) is 16.4 Å².